The van der Waals surface area contributed by atoms with Crippen molar-refractivity contribution < 1.29 is 19.8 Å². The molecule has 4 heteroatoms. The van der Waals surface area contributed by atoms with Gasteiger partial charge in [-0.05, 0) is 43.4 Å². The Hall–Kier alpha value is -1.06. The summed E-state index contributed by atoms with van der Waals surface area (Å²) in [7, 11) is 0. The van der Waals surface area contributed by atoms with Gasteiger partial charge < -0.3 is 10.2 Å². The van der Waals surface area contributed by atoms with Gasteiger partial charge in [-0.2, -0.15) is 0 Å². The number of carboxylic acid groups (broad SMARTS) is 2. The SMILES string of the molecule is O=C(O)C1C2CC3CC2CC1(C(=O)O)C3. The summed E-state index contributed by atoms with van der Waals surface area (Å²) in [6.45, 7) is 0. The maximum Gasteiger partial charge on any atom is 0.310 e. The largest absolute Gasteiger partial charge is 0.481 e. The maximum atomic E-state index is 11.4. The van der Waals surface area contributed by atoms with Gasteiger partial charge in [0.25, 0.3) is 0 Å². The first-order valence-electron chi connectivity index (χ1n) is 5.51. The highest BCUT2D eigenvalue weighted by molar-refractivity contribution is 5.85. The second-order valence-electron chi connectivity index (χ2n) is 5.45. The molecule has 4 aliphatic carbocycles. The number of hydrogen-bond donors (Lipinski definition) is 2. The third kappa shape index (κ3) is 0.924. The van der Waals surface area contributed by atoms with Crippen molar-refractivity contribution in [1.29, 1.82) is 0 Å². The van der Waals surface area contributed by atoms with Gasteiger partial charge in [0.15, 0.2) is 0 Å². The molecule has 4 saturated carbocycles. The van der Waals surface area contributed by atoms with Crippen molar-refractivity contribution in [1.82, 2.24) is 0 Å². The number of hydrogen-bond acceptors (Lipinski definition) is 2. The molecule has 4 rings (SSSR count). The molecule has 0 saturated heterocycles. The van der Waals surface area contributed by atoms with E-state index in [0.717, 1.165) is 12.8 Å². The molecular formula is C11H14O4. The fourth-order valence-corrected chi connectivity index (χ4v) is 4.54. The second kappa shape index (κ2) is 2.54. The maximum absolute atomic E-state index is 11.4. The molecule has 0 radical (unpaired) electrons. The monoisotopic (exact) mass is 210 g/mol. The van der Waals surface area contributed by atoms with Crippen LogP contribution in [0.25, 0.3) is 0 Å². The molecule has 4 aliphatic rings. The van der Waals surface area contributed by atoms with Crippen LogP contribution in [0.1, 0.15) is 25.7 Å². The first kappa shape index (κ1) is 9.19. The summed E-state index contributed by atoms with van der Waals surface area (Å²) in [5.41, 5.74) is -0.928. The summed E-state index contributed by atoms with van der Waals surface area (Å²) < 4.78 is 0. The molecule has 0 amide bonds. The van der Waals surface area contributed by atoms with E-state index in [-0.39, 0.29) is 5.92 Å². The van der Waals surface area contributed by atoms with E-state index in [2.05, 4.69) is 0 Å². The minimum absolute atomic E-state index is 0.136. The van der Waals surface area contributed by atoms with Gasteiger partial charge in [0.05, 0.1) is 11.3 Å². The minimum atomic E-state index is -0.928. The van der Waals surface area contributed by atoms with Crippen molar-refractivity contribution >= 4 is 11.9 Å². The summed E-state index contributed by atoms with van der Waals surface area (Å²) in [6, 6.07) is 0. The first-order chi connectivity index (χ1) is 7.04. The minimum Gasteiger partial charge on any atom is -0.481 e. The average molecular weight is 210 g/mol. The van der Waals surface area contributed by atoms with Crippen LogP contribution in [0.15, 0.2) is 0 Å². The third-order valence-electron chi connectivity index (χ3n) is 4.84. The van der Waals surface area contributed by atoms with E-state index >= 15 is 0 Å². The summed E-state index contributed by atoms with van der Waals surface area (Å²) in [4.78, 5) is 22.6. The zero-order chi connectivity index (χ0) is 10.8. The lowest BCUT2D eigenvalue weighted by Gasteiger charge is -2.38. The summed E-state index contributed by atoms with van der Waals surface area (Å²) in [5, 5.41) is 18.5. The molecule has 0 spiro atoms. The average Bonchev–Trinajstić information content (AvgIpc) is 2.52. The quantitative estimate of drug-likeness (QED) is 0.718. The van der Waals surface area contributed by atoms with Crippen LogP contribution in [0.3, 0.4) is 0 Å². The molecule has 4 nitrogen and oxygen atoms in total. The molecule has 5 atom stereocenters. The van der Waals surface area contributed by atoms with Crippen LogP contribution < -0.4 is 0 Å². The van der Waals surface area contributed by atoms with Gasteiger partial charge in [-0.15, -0.1) is 0 Å². The fourth-order valence-electron chi connectivity index (χ4n) is 4.54. The van der Waals surface area contributed by atoms with Gasteiger partial charge in [0.1, 0.15) is 0 Å². The summed E-state index contributed by atoms with van der Waals surface area (Å²) >= 11 is 0. The molecule has 0 heterocycles. The van der Waals surface area contributed by atoms with Crippen LogP contribution in [-0.2, 0) is 9.59 Å². The smallest absolute Gasteiger partial charge is 0.310 e. The number of carbonyl (C=O) groups is 2. The van der Waals surface area contributed by atoms with E-state index in [1.54, 1.807) is 0 Å². The van der Waals surface area contributed by atoms with Crippen LogP contribution in [-0.4, -0.2) is 22.2 Å². The molecule has 0 aromatic heterocycles. The van der Waals surface area contributed by atoms with Gasteiger partial charge in [-0.25, -0.2) is 0 Å². The van der Waals surface area contributed by atoms with Crippen molar-refractivity contribution in [3.05, 3.63) is 0 Å². The Morgan fingerprint density at radius 2 is 1.87 bits per heavy atom. The number of aliphatic carboxylic acids is 2. The molecule has 0 aliphatic heterocycles. The second-order valence-corrected chi connectivity index (χ2v) is 5.45. The Labute approximate surface area is 87.3 Å². The molecule has 15 heavy (non-hydrogen) atoms. The summed E-state index contributed by atoms with van der Waals surface area (Å²) in [6.07, 6.45) is 3.19. The lowest BCUT2D eigenvalue weighted by Crippen LogP contribution is -2.45. The van der Waals surface area contributed by atoms with Crippen molar-refractivity contribution in [2.24, 2.45) is 29.1 Å². The Bertz CT molecular complexity index is 346. The molecule has 2 N–H and O–H groups in total. The Morgan fingerprint density at radius 3 is 2.47 bits per heavy atom. The lowest BCUT2D eigenvalue weighted by atomic mass is 9.64. The summed E-state index contributed by atoms with van der Waals surface area (Å²) in [5.74, 6) is -1.44. The zero-order valence-electron chi connectivity index (χ0n) is 8.35. The van der Waals surface area contributed by atoms with E-state index in [0.29, 0.717) is 24.7 Å². The Balaban J connectivity index is 2.07. The van der Waals surface area contributed by atoms with Crippen LogP contribution in [0, 0.1) is 29.1 Å². The highest BCUT2D eigenvalue weighted by Gasteiger charge is 2.67. The lowest BCUT2D eigenvalue weighted by molar-refractivity contribution is -0.166. The fraction of sp³-hybridized carbons (Fsp3) is 0.818. The zero-order valence-corrected chi connectivity index (χ0v) is 8.35. The van der Waals surface area contributed by atoms with Crippen LogP contribution >= 0.6 is 0 Å². The van der Waals surface area contributed by atoms with E-state index < -0.39 is 23.3 Å². The molecule has 0 aromatic rings. The first-order valence-corrected chi connectivity index (χ1v) is 5.51. The van der Waals surface area contributed by atoms with Crippen LogP contribution in [0.4, 0.5) is 0 Å². The van der Waals surface area contributed by atoms with E-state index in [9.17, 15) is 19.8 Å². The molecule has 5 unspecified atom stereocenters. The normalized spacial score (nSPS) is 50.9. The van der Waals surface area contributed by atoms with Gasteiger partial charge >= 0.3 is 11.9 Å². The third-order valence-corrected chi connectivity index (χ3v) is 4.84. The molecule has 0 aromatic carbocycles. The van der Waals surface area contributed by atoms with Crippen molar-refractivity contribution in [2.75, 3.05) is 0 Å². The predicted octanol–water partition coefficient (Wildman–Crippen LogP) is 1.21. The van der Waals surface area contributed by atoms with E-state index in [4.69, 9.17) is 0 Å². The van der Waals surface area contributed by atoms with Crippen LogP contribution in [0.2, 0.25) is 0 Å². The van der Waals surface area contributed by atoms with Gasteiger partial charge in [-0.3, -0.25) is 9.59 Å². The Kier molecular flexibility index (Phi) is 1.56. The van der Waals surface area contributed by atoms with E-state index in [1.165, 1.54) is 0 Å². The molecule has 82 valence electrons. The highest BCUT2D eigenvalue weighted by atomic mass is 16.4. The van der Waals surface area contributed by atoms with Gasteiger partial charge in [-0.1, -0.05) is 0 Å². The number of rotatable bonds is 2. The number of carboxylic acids is 2. The molecule has 4 fully saturated rings. The predicted molar refractivity (Wildman–Crippen MR) is 50.1 cm³/mol. The van der Waals surface area contributed by atoms with Crippen molar-refractivity contribution in [3.8, 4) is 0 Å². The highest BCUT2D eigenvalue weighted by Crippen LogP contribution is 2.67. The van der Waals surface area contributed by atoms with E-state index in [1.807, 2.05) is 0 Å². The van der Waals surface area contributed by atoms with Gasteiger partial charge in [0, 0.05) is 0 Å². The van der Waals surface area contributed by atoms with Gasteiger partial charge in [0.2, 0.25) is 0 Å². The van der Waals surface area contributed by atoms with Crippen LogP contribution in [0.5, 0.6) is 0 Å². The molecular weight excluding hydrogens is 196 g/mol. The molecule has 4 bridgehead atoms. The van der Waals surface area contributed by atoms with Crippen molar-refractivity contribution in [2.45, 2.75) is 25.7 Å². The van der Waals surface area contributed by atoms with Crippen molar-refractivity contribution in [3.63, 3.8) is 0 Å². The standard InChI is InChI=1S/C11H14O4/c12-9(13)8-7-2-5-1-6(7)4-11(8,3-5)10(14)15/h5-8H,1-4H2,(H,12,13)(H,14,15). The Morgan fingerprint density at radius 1 is 1.13 bits per heavy atom. The topological polar surface area (TPSA) is 74.6 Å².